The molecule has 1 N–H and O–H groups in total. The first-order chi connectivity index (χ1) is 9.38. The zero-order chi connectivity index (χ0) is 15.2. The SMILES string of the molecule is CCNC(CSC(C)CC)c1ccc(C(C)(C)C)cc1. The lowest BCUT2D eigenvalue weighted by Crippen LogP contribution is -2.24. The molecule has 0 fully saturated rings. The minimum absolute atomic E-state index is 0.234. The van der Waals surface area contributed by atoms with Crippen LogP contribution in [0.15, 0.2) is 24.3 Å². The van der Waals surface area contributed by atoms with Crippen molar-refractivity contribution < 1.29 is 0 Å². The zero-order valence-corrected chi connectivity index (χ0v) is 14.8. The van der Waals surface area contributed by atoms with Crippen molar-refractivity contribution in [1.82, 2.24) is 5.32 Å². The molecule has 20 heavy (non-hydrogen) atoms. The van der Waals surface area contributed by atoms with E-state index in [-0.39, 0.29) is 5.41 Å². The minimum atomic E-state index is 0.234. The summed E-state index contributed by atoms with van der Waals surface area (Å²) in [5, 5.41) is 4.36. The number of hydrogen-bond donors (Lipinski definition) is 1. The van der Waals surface area contributed by atoms with Crippen LogP contribution in [0.25, 0.3) is 0 Å². The van der Waals surface area contributed by atoms with Crippen molar-refractivity contribution in [1.29, 1.82) is 0 Å². The van der Waals surface area contributed by atoms with E-state index in [9.17, 15) is 0 Å². The maximum absolute atomic E-state index is 3.62. The normalized spacial score (nSPS) is 15.1. The van der Waals surface area contributed by atoms with Gasteiger partial charge in [0.1, 0.15) is 0 Å². The Morgan fingerprint density at radius 3 is 2.15 bits per heavy atom. The molecule has 0 bridgehead atoms. The van der Waals surface area contributed by atoms with Crippen LogP contribution >= 0.6 is 11.8 Å². The molecule has 1 aromatic rings. The standard InChI is InChI=1S/C18H31NS/c1-7-14(3)20-13-17(19-8-2)15-9-11-16(12-10-15)18(4,5)6/h9-12,14,17,19H,7-8,13H2,1-6H3. The third kappa shape index (κ3) is 5.49. The molecule has 0 aliphatic rings. The van der Waals surface area contributed by atoms with Crippen molar-refractivity contribution in [2.75, 3.05) is 12.3 Å². The van der Waals surface area contributed by atoms with Crippen LogP contribution in [-0.2, 0) is 5.41 Å². The Kier molecular flexibility index (Phi) is 7.11. The molecular weight excluding hydrogens is 262 g/mol. The Morgan fingerprint density at radius 1 is 1.10 bits per heavy atom. The van der Waals surface area contributed by atoms with E-state index in [4.69, 9.17) is 0 Å². The zero-order valence-electron chi connectivity index (χ0n) is 14.0. The topological polar surface area (TPSA) is 12.0 Å². The van der Waals surface area contributed by atoms with E-state index in [0.717, 1.165) is 17.5 Å². The monoisotopic (exact) mass is 293 g/mol. The van der Waals surface area contributed by atoms with Crippen molar-refractivity contribution in [3.8, 4) is 0 Å². The fourth-order valence-electron chi connectivity index (χ4n) is 2.11. The maximum Gasteiger partial charge on any atom is 0.0411 e. The molecule has 1 aromatic carbocycles. The lowest BCUT2D eigenvalue weighted by atomic mass is 9.86. The highest BCUT2D eigenvalue weighted by atomic mass is 32.2. The van der Waals surface area contributed by atoms with Gasteiger partial charge < -0.3 is 5.32 Å². The summed E-state index contributed by atoms with van der Waals surface area (Å²) in [5.41, 5.74) is 3.05. The number of benzene rings is 1. The van der Waals surface area contributed by atoms with Gasteiger partial charge in [0.15, 0.2) is 0 Å². The van der Waals surface area contributed by atoms with Gasteiger partial charge in [0.25, 0.3) is 0 Å². The Balaban J connectivity index is 2.76. The molecule has 114 valence electrons. The van der Waals surface area contributed by atoms with Crippen LogP contribution in [0.3, 0.4) is 0 Å². The highest BCUT2D eigenvalue weighted by Gasteiger charge is 2.16. The second kappa shape index (κ2) is 8.09. The second-order valence-corrected chi connectivity index (χ2v) is 8.01. The summed E-state index contributed by atoms with van der Waals surface area (Å²) in [6.45, 7) is 14.6. The van der Waals surface area contributed by atoms with Crippen LogP contribution in [0.5, 0.6) is 0 Å². The summed E-state index contributed by atoms with van der Waals surface area (Å²) in [5.74, 6) is 1.15. The van der Waals surface area contributed by atoms with Crippen molar-refractivity contribution in [2.24, 2.45) is 0 Å². The van der Waals surface area contributed by atoms with E-state index in [2.05, 4.69) is 82.9 Å². The summed E-state index contributed by atoms with van der Waals surface area (Å²) in [6.07, 6.45) is 1.24. The first kappa shape index (κ1) is 17.6. The fourth-order valence-corrected chi connectivity index (χ4v) is 3.18. The van der Waals surface area contributed by atoms with Gasteiger partial charge in [-0.05, 0) is 29.5 Å². The highest BCUT2D eigenvalue weighted by molar-refractivity contribution is 7.99. The van der Waals surface area contributed by atoms with E-state index in [1.165, 1.54) is 17.5 Å². The largest absolute Gasteiger partial charge is 0.310 e. The Morgan fingerprint density at radius 2 is 1.70 bits per heavy atom. The van der Waals surface area contributed by atoms with Gasteiger partial charge in [0.05, 0.1) is 0 Å². The van der Waals surface area contributed by atoms with Crippen molar-refractivity contribution in [2.45, 2.75) is 64.7 Å². The third-order valence-corrected chi connectivity index (χ3v) is 5.18. The van der Waals surface area contributed by atoms with Gasteiger partial charge in [-0.15, -0.1) is 0 Å². The summed E-state index contributed by atoms with van der Waals surface area (Å²) < 4.78 is 0. The van der Waals surface area contributed by atoms with Crippen LogP contribution in [0.4, 0.5) is 0 Å². The molecule has 2 atom stereocenters. The van der Waals surface area contributed by atoms with Crippen LogP contribution in [0.2, 0.25) is 0 Å². The number of nitrogens with one attached hydrogen (secondary N) is 1. The average Bonchev–Trinajstić information content (AvgIpc) is 2.42. The average molecular weight is 294 g/mol. The van der Waals surface area contributed by atoms with Crippen LogP contribution < -0.4 is 5.32 Å². The van der Waals surface area contributed by atoms with Gasteiger partial charge in [-0.25, -0.2) is 0 Å². The van der Waals surface area contributed by atoms with Gasteiger partial charge in [-0.1, -0.05) is 65.8 Å². The van der Waals surface area contributed by atoms with Gasteiger partial charge in [0.2, 0.25) is 0 Å². The fraction of sp³-hybridized carbons (Fsp3) is 0.667. The Hall–Kier alpha value is -0.470. The molecular formula is C18H31NS. The Labute approximate surface area is 129 Å². The van der Waals surface area contributed by atoms with Crippen LogP contribution in [0, 0.1) is 0 Å². The number of thioether (sulfide) groups is 1. The third-order valence-electron chi connectivity index (χ3n) is 3.75. The molecule has 0 aliphatic heterocycles. The molecule has 0 heterocycles. The van der Waals surface area contributed by atoms with Gasteiger partial charge >= 0.3 is 0 Å². The minimum Gasteiger partial charge on any atom is -0.310 e. The summed E-state index contributed by atoms with van der Waals surface area (Å²) >= 11 is 2.07. The van der Waals surface area contributed by atoms with Crippen molar-refractivity contribution in [3.63, 3.8) is 0 Å². The lowest BCUT2D eigenvalue weighted by Gasteiger charge is -2.23. The summed E-state index contributed by atoms with van der Waals surface area (Å²) in [4.78, 5) is 0. The van der Waals surface area contributed by atoms with E-state index in [1.807, 2.05) is 0 Å². The molecule has 1 rings (SSSR count). The van der Waals surface area contributed by atoms with Crippen LogP contribution in [0.1, 0.15) is 65.1 Å². The molecule has 0 spiro atoms. The maximum atomic E-state index is 3.62. The van der Waals surface area contributed by atoms with Crippen LogP contribution in [-0.4, -0.2) is 17.5 Å². The molecule has 0 amide bonds. The molecule has 0 aromatic heterocycles. The first-order valence-corrected chi connectivity index (χ1v) is 8.88. The van der Waals surface area contributed by atoms with E-state index < -0.39 is 0 Å². The summed E-state index contributed by atoms with van der Waals surface area (Å²) in [6, 6.07) is 9.63. The lowest BCUT2D eigenvalue weighted by molar-refractivity contribution is 0.584. The molecule has 1 nitrogen and oxygen atoms in total. The number of rotatable bonds is 7. The predicted molar refractivity (Wildman–Crippen MR) is 93.8 cm³/mol. The van der Waals surface area contributed by atoms with Gasteiger partial charge in [-0.2, -0.15) is 11.8 Å². The molecule has 0 saturated carbocycles. The first-order valence-electron chi connectivity index (χ1n) is 7.83. The predicted octanol–water partition coefficient (Wildman–Crippen LogP) is 5.17. The number of hydrogen-bond acceptors (Lipinski definition) is 2. The molecule has 0 radical (unpaired) electrons. The molecule has 0 saturated heterocycles. The van der Waals surface area contributed by atoms with E-state index in [1.54, 1.807) is 0 Å². The smallest absolute Gasteiger partial charge is 0.0411 e. The van der Waals surface area contributed by atoms with Crippen molar-refractivity contribution >= 4 is 11.8 Å². The quantitative estimate of drug-likeness (QED) is 0.744. The Bertz CT molecular complexity index is 377. The summed E-state index contributed by atoms with van der Waals surface area (Å²) in [7, 11) is 0. The second-order valence-electron chi connectivity index (χ2n) is 6.53. The molecule has 0 aliphatic carbocycles. The van der Waals surface area contributed by atoms with Crippen molar-refractivity contribution in [3.05, 3.63) is 35.4 Å². The van der Waals surface area contributed by atoms with E-state index in [0.29, 0.717) is 6.04 Å². The molecule has 2 heteroatoms. The van der Waals surface area contributed by atoms with Gasteiger partial charge in [-0.3, -0.25) is 0 Å². The molecule has 2 unspecified atom stereocenters. The highest BCUT2D eigenvalue weighted by Crippen LogP contribution is 2.26. The van der Waals surface area contributed by atoms with E-state index >= 15 is 0 Å². The van der Waals surface area contributed by atoms with Gasteiger partial charge in [0, 0.05) is 17.0 Å².